The fourth-order valence-corrected chi connectivity index (χ4v) is 6.17. The lowest BCUT2D eigenvalue weighted by Gasteiger charge is -2.30. The molecule has 0 atom stereocenters. The molecular formula is C31H30Cl2N2O3S. The van der Waals surface area contributed by atoms with E-state index in [1.165, 1.54) is 23.7 Å². The molecule has 202 valence electrons. The lowest BCUT2D eigenvalue weighted by atomic mass is 9.94. The first-order chi connectivity index (χ1) is 18.9. The Morgan fingerprint density at radius 2 is 1.74 bits per heavy atom. The number of hydrogen-bond acceptors (Lipinski definition) is 5. The summed E-state index contributed by atoms with van der Waals surface area (Å²) in [5.41, 5.74) is 3.78. The van der Waals surface area contributed by atoms with Crippen molar-refractivity contribution in [3.63, 3.8) is 0 Å². The third-order valence-corrected chi connectivity index (χ3v) is 8.62. The SMILES string of the molecule is COc1cc(/C=C2/SC(=Nc3ccc(C)cc3)N(C3CCCCC3)C2=O)ccc1OCc1ccc(Cl)c(Cl)c1. The lowest BCUT2D eigenvalue weighted by molar-refractivity contribution is -0.124. The number of aliphatic imine (C=N–C) groups is 1. The molecule has 0 unspecified atom stereocenters. The molecule has 0 radical (unpaired) electrons. The summed E-state index contributed by atoms with van der Waals surface area (Å²) in [5.74, 6) is 1.19. The average molecular weight is 582 g/mol. The zero-order valence-corrected chi connectivity index (χ0v) is 24.3. The van der Waals surface area contributed by atoms with Crippen LogP contribution in [0.25, 0.3) is 6.08 Å². The highest BCUT2D eigenvalue weighted by Gasteiger charge is 2.38. The first-order valence-electron chi connectivity index (χ1n) is 13.0. The average Bonchev–Trinajstić information content (AvgIpc) is 3.25. The maximum absolute atomic E-state index is 13.7. The highest BCUT2D eigenvalue weighted by atomic mass is 35.5. The highest BCUT2D eigenvalue weighted by molar-refractivity contribution is 8.18. The van der Waals surface area contributed by atoms with Crippen molar-refractivity contribution in [2.24, 2.45) is 4.99 Å². The molecule has 1 aliphatic carbocycles. The van der Waals surface area contributed by atoms with Gasteiger partial charge in [-0.05, 0) is 85.1 Å². The Morgan fingerprint density at radius 1 is 0.974 bits per heavy atom. The molecule has 8 heteroatoms. The first kappa shape index (κ1) is 27.6. The molecule has 1 saturated heterocycles. The van der Waals surface area contributed by atoms with Gasteiger partial charge >= 0.3 is 0 Å². The van der Waals surface area contributed by atoms with Gasteiger partial charge in [0.2, 0.25) is 0 Å². The van der Waals surface area contributed by atoms with Crippen LogP contribution in [0, 0.1) is 6.92 Å². The van der Waals surface area contributed by atoms with Crippen LogP contribution in [0.15, 0.2) is 70.6 Å². The quantitative estimate of drug-likeness (QED) is 0.262. The number of carbonyl (C=O) groups excluding carboxylic acids is 1. The molecule has 5 rings (SSSR count). The Bertz CT molecular complexity index is 1420. The Labute approximate surface area is 243 Å². The van der Waals surface area contributed by atoms with Gasteiger partial charge in [0.05, 0.1) is 27.7 Å². The summed E-state index contributed by atoms with van der Waals surface area (Å²) in [5, 5.41) is 1.73. The number of hydrogen-bond donors (Lipinski definition) is 0. The smallest absolute Gasteiger partial charge is 0.267 e. The summed E-state index contributed by atoms with van der Waals surface area (Å²) < 4.78 is 11.6. The second-order valence-corrected chi connectivity index (χ2v) is 11.6. The van der Waals surface area contributed by atoms with Crippen molar-refractivity contribution in [1.29, 1.82) is 0 Å². The number of ether oxygens (including phenoxy) is 2. The summed E-state index contributed by atoms with van der Waals surface area (Å²) in [6.07, 6.45) is 7.41. The van der Waals surface area contributed by atoms with Crippen molar-refractivity contribution in [3.8, 4) is 11.5 Å². The summed E-state index contributed by atoms with van der Waals surface area (Å²) in [6, 6.07) is 19.3. The van der Waals surface area contributed by atoms with Gasteiger partial charge in [-0.25, -0.2) is 4.99 Å². The fraction of sp³-hybridized carbons (Fsp3) is 0.290. The molecule has 2 aliphatic rings. The van der Waals surface area contributed by atoms with Crippen molar-refractivity contribution >= 4 is 57.8 Å². The van der Waals surface area contributed by atoms with Gasteiger partial charge in [0, 0.05) is 6.04 Å². The predicted molar refractivity (Wildman–Crippen MR) is 161 cm³/mol. The Balaban J connectivity index is 1.39. The summed E-state index contributed by atoms with van der Waals surface area (Å²) in [6.45, 7) is 2.37. The van der Waals surface area contributed by atoms with Crippen molar-refractivity contribution < 1.29 is 14.3 Å². The van der Waals surface area contributed by atoms with Crippen LogP contribution in [0.2, 0.25) is 10.0 Å². The van der Waals surface area contributed by atoms with E-state index in [9.17, 15) is 4.79 Å². The third-order valence-electron chi connectivity index (χ3n) is 6.90. The number of rotatable bonds is 7. The minimum absolute atomic E-state index is 0.0108. The number of aryl methyl sites for hydroxylation is 1. The molecule has 0 aromatic heterocycles. The molecule has 3 aromatic rings. The number of amides is 1. The topological polar surface area (TPSA) is 51.1 Å². The monoisotopic (exact) mass is 580 g/mol. The molecule has 1 aliphatic heterocycles. The van der Waals surface area contributed by atoms with Gasteiger partial charge < -0.3 is 9.47 Å². The molecule has 39 heavy (non-hydrogen) atoms. The van der Waals surface area contributed by atoms with E-state index in [0.717, 1.165) is 47.7 Å². The number of benzene rings is 3. The maximum atomic E-state index is 13.7. The van der Waals surface area contributed by atoms with E-state index in [1.807, 2.05) is 59.5 Å². The molecule has 3 aromatic carbocycles. The van der Waals surface area contributed by atoms with E-state index < -0.39 is 0 Å². The van der Waals surface area contributed by atoms with Crippen LogP contribution in [-0.4, -0.2) is 29.1 Å². The van der Waals surface area contributed by atoms with Crippen LogP contribution in [0.1, 0.15) is 48.8 Å². The number of thioether (sulfide) groups is 1. The number of nitrogens with zero attached hydrogens (tertiary/aromatic N) is 2. The molecule has 1 heterocycles. The van der Waals surface area contributed by atoms with Gasteiger partial charge in [0.25, 0.3) is 5.91 Å². The molecule has 5 nitrogen and oxygen atoms in total. The molecule has 0 spiro atoms. The standard InChI is InChI=1S/C31H30Cl2N2O3S/c1-20-8-12-23(13-9-20)34-31-35(24-6-4-3-5-7-24)30(36)29(39-31)18-21-11-15-27(28(17-21)37-2)38-19-22-10-14-25(32)26(33)16-22/h8-18,24H,3-7,19H2,1-2H3/b29-18+,34-31?. The maximum Gasteiger partial charge on any atom is 0.267 e. The van der Waals surface area contributed by atoms with E-state index in [1.54, 1.807) is 19.2 Å². The third kappa shape index (κ3) is 6.63. The molecule has 0 bridgehead atoms. The van der Waals surface area contributed by atoms with Crippen LogP contribution in [0.4, 0.5) is 5.69 Å². The number of carbonyl (C=O) groups is 1. The van der Waals surface area contributed by atoms with Gasteiger partial charge in [-0.2, -0.15) is 0 Å². The molecular weight excluding hydrogens is 551 g/mol. The van der Waals surface area contributed by atoms with Crippen molar-refractivity contribution in [1.82, 2.24) is 4.90 Å². The zero-order chi connectivity index (χ0) is 27.4. The lowest BCUT2D eigenvalue weighted by Crippen LogP contribution is -2.40. The first-order valence-corrected chi connectivity index (χ1v) is 14.6. The van der Waals surface area contributed by atoms with Crippen LogP contribution in [-0.2, 0) is 11.4 Å². The van der Waals surface area contributed by atoms with E-state index >= 15 is 0 Å². The van der Waals surface area contributed by atoms with Crippen LogP contribution in [0.5, 0.6) is 11.5 Å². The molecule has 2 fully saturated rings. The van der Waals surface area contributed by atoms with E-state index in [0.29, 0.717) is 33.1 Å². The van der Waals surface area contributed by atoms with Gasteiger partial charge in [-0.15, -0.1) is 0 Å². The summed E-state index contributed by atoms with van der Waals surface area (Å²) in [4.78, 5) is 21.1. The number of halogens is 2. The van der Waals surface area contributed by atoms with E-state index in [2.05, 4.69) is 6.92 Å². The van der Waals surface area contributed by atoms with Gasteiger partial charge in [0.1, 0.15) is 6.61 Å². The molecule has 1 saturated carbocycles. The largest absolute Gasteiger partial charge is 0.493 e. The van der Waals surface area contributed by atoms with Crippen LogP contribution in [0.3, 0.4) is 0 Å². The summed E-state index contributed by atoms with van der Waals surface area (Å²) in [7, 11) is 1.60. The number of amidine groups is 1. The summed E-state index contributed by atoms with van der Waals surface area (Å²) >= 11 is 13.6. The Kier molecular flexibility index (Phi) is 8.85. The van der Waals surface area contributed by atoms with Gasteiger partial charge in [-0.3, -0.25) is 9.69 Å². The molecule has 0 N–H and O–H groups in total. The second-order valence-electron chi connectivity index (χ2n) is 9.75. The van der Waals surface area contributed by atoms with Crippen molar-refractivity contribution in [3.05, 3.63) is 92.3 Å². The highest BCUT2D eigenvalue weighted by Crippen LogP contribution is 2.39. The predicted octanol–water partition coefficient (Wildman–Crippen LogP) is 8.83. The van der Waals surface area contributed by atoms with Crippen LogP contribution >= 0.6 is 35.0 Å². The Morgan fingerprint density at radius 3 is 2.46 bits per heavy atom. The van der Waals surface area contributed by atoms with E-state index in [4.69, 9.17) is 37.7 Å². The minimum Gasteiger partial charge on any atom is -0.493 e. The Hall–Kier alpha value is -2.93. The normalized spacial score (nSPS) is 18.3. The fourth-order valence-electron chi connectivity index (χ4n) is 4.79. The van der Waals surface area contributed by atoms with Crippen molar-refractivity contribution in [2.45, 2.75) is 51.7 Å². The van der Waals surface area contributed by atoms with Crippen molar-refractivity contribution in [2.75, 3.05) is 7.11 Å². The second kappa shape index (κ2) is 12.5. The number of methoxy groups -OCH3 is 1. The van der Waals surface area contributed by atoms with E-state index in [-0.39, 0.29) is 11.9 Å². The van der Waals surface area contributed by atoms with Crippen LogP contribution < -0.4 is 9.47 Å². The minimum atomic E-state index is 0.0108. The molecule has 1 amide bonds. The van der Waals surface area contributed by atoms with Gasteiger partial charge in [0.15, 0.2) is 16.7 Å². The van der Waals surface area contributed by atoms with Gasteiger partial charge in [-0.1, -0.05) is 72.3 Å². The zero-order valence-electron chi connectivity index (χ0n) is 22.0.